The van der Waals surface area contributed by atoms with Gasteiger partial charge in [0.05, 0.1) is 0 Å². The van der Waals surface area contributed by atoms with Crippen molar-refractivity contribution in [2.75, 3.05) is 0 Å². The van der Waals surface area contributed by atoms with Gasteiger partial charge in [-0.05, 0) is 12.8 Å². The maximum Gasteiger partial charge on any atom is 0.241 e. The van der Waals surface area contributed by atoms with Gasteiger partial charge in [0.25, 0.3) is 0 Å². The van der Waals surface area contributed by atoms with Gasteiger partial charge in [-0.3, -0.25) is 4.79 Å². The van der Waals surface area contributed by atoms with Gasteiger partial charge in [0.2, 0.25) is 5.91 Å². The van der Waals surface area contributed by atoms with Crippen LogP contribution < -0.4 is 5.73 Å². The van der Waals surface area contributed by atoms with Crippen molar-refractivity contribution in [2.24, 2.45) is 5.73 Å². The van der Waals surface area contributed by atoms with Crippen LogP contribution in [0.5, 0.6) is 0 Å². The van der Waals surface area contributed by atoms with Crippen molar-refractivity contribution in [2.45, 2.75) is 71.1 Å². The van der Waals surface area contributed by atoms with Gasteiger partial charge < -0.3 is 5.73 Å². The quantitative estimate of drug-likeness (QED) is 0.218. The second kappa shape index (κ2) is 19.2. The topological polar surface area (TPSA) is 43.1 Å². The SMILES string of the molecule is CCCCCCCCCCC/C=C/C=C/C=C/C=C/C=C/C(N)=O. The summed E-state index contributed by atoms with van der Waals surface area (Å²) < 4.78 is 0. The van der Waals surface area contributed by atoms with E-state index >= 15 is 0 Å². The predicted octanol–water partition coefficient (Wildman–Crippen LogP) is 6.17. The molecule has 134 valence electrons. The summed E-state index contributed by atoms with van der Waals surface area (Å²) in [6, 6.07) is 0. The van der Waals surface area contributed by atoms with E-state index in [9.17, 15) is 4.79 Å². The molecule has 0 radical (unpaired) electrons. The standard InChI is InChI=1S/C22H35NO/c1-2-3-4-5-6-7-8-9-10-11-12-13-14-15-16-17-18-19-20-21-22(23)24/h12-21H,2-11H2,1H3,(H2,23,24)/b13-12+,15-14+,17-16+,19-18+,21-20+. The number of carbonyl (C=O) groups excluding carboxylic acids is 1. The minimum Gasteiger partial charge on any atom is -0.366 e. The molecule has 0 unspecified atom stereocenters. The third kappa shape index (κ3) is 20.2. The Morgan fingerprint density at radius 2 is 1.12 bits per heavy atom. The molecular formula is C22H35NO. The van der Waals surface area contributed by atoms with Crippen molar-refractivity contribution in [1.29, 1.82) is 0 Å². The minimum atomic E-state index is -0.430. The van der Waals surface area contributed by atoms with Crippen molar-refractivity contribution in [3.05, 3.63) is 60.8 Å². The molecule has 2 nitrogen and oxygen atoms in total. The molecule has 0 heterocycles. The lowest BCUT2D eigenvalue weighted by molar-refractivity contribution is -0.113. The van der Waals surface area contributed by atoms with E-state index < -0.39 is 5.91 Å². The summed E-state index contributed by atoms with van der Waals surface area (Å²) >= 11 is 0. The molecular weight excluding hydrogens is 294 g/mol. The van der Waals surface area contributed by atoms with Crippen LogP contribution in [0, 0.1) is 0 Å². The van der Waals surface area contributed by atoms with Crippen LogP contribution in [0.15, 0.2) is 60.8 Å². The molecule has 0 aromatic heterocycles. The number of primary amides is 1. The molecule has 2 N–H and O–H groups in total. The van der Waals surface area contributed by atoms with Crippen LogP contribution in [-0.2, 0) is 4.79 Å². The van der Waals surface area contributed by atoms with Gasteiger partial charge in [-0.25, -0.2) is 0 Å². The number of nitrogens with two attached hydrogens (primary N) is 1. The number of unbranched alkanes of at least 4 members (excludes halogenated alkanes) is 9. The van der Waals surface area contributed by atoms with Gasteiger partial charge in [-0.15, -0.1) is 0 Å². The zero-order chi connectivity index (χ0) is 17.7. The van der Waals surface area contributed by atoms with Crippen LogP contribution in [0.25, 0.3) is 0 Å². The Hall–Kier alpha value is -1.83. The van der Waals surface area contributed by atoms with Crippen LogP contribution in [0.2, 0.25) is 0 Å². The molecule has 2 heteroatoms. The van der Waals surface area contributed by atoms with Crippen LogP contribution in [0.4, 0.5) is 0 Å². The maximum atomic E-state index is 10.4. The highest BCUT2D eigenvalue weighted by atomic mass is 16.1. The fourth-order valence-electron chi connectivity index (χ4n) is 2.28. The summed E-state index contributed by atoms with van der Waals surface area (Å²) in [5.74, 6) is -0.430. The minimum absolute atomic E-state index is 0.430. The molecule has 0 aromatic rings. The number of rotatable bonds is 15. The lowest BCUT2D eigenvalue weighted by Gasteiger charge is -2.00. The van der Waals surface area contributed by atoms with E-state index in [4.69, 9.17) is 5.73 Å². The first-order chi connectivity index (χ1) is 11.8. The largest absolute Gasteiger partial charge is 0.366 e. The van der Waals surface area contributed by atoms with Gasteiger partial charge in [-0.1, -0.05) is 113 Å². The molecule has 0 aliphatic carbocycles. The van der Waals surface area contributed by atoms with Crippen molar-refractivity contribution >= 4 is 5.91 Å². The third-order valence-electron chi connectivity index (χ3n) is 3.65. The fraction of sp³-hybridized carbons (Fsp3) is 0.500. The fourth-order valence-corrected chi connectivity index (χ4v) is 2.28. The molecule has 0 atom stereocenters. The van der Waals surface area contributed by atoms with E-state index in [0.29, 0.717) is 0 Å². The summed E-state index contributed by atoms with van der Waals surface area (Å²) in [7, 11) is 0. The van der Waals surface area contributed by atoms with E-state index in [0.717, 1.165) is 0 Å². The first kappa shape index (κ1) is 22.2. The molecule has 0 saturated heterocycles. The molecule has 1 amide bonds. The van der Waals surface area contributed by atoms with Gasteiger partial charge in [0, 0.05) is 6.08 Å². The molecule has 0 spiro atoms. The van der Waals surface area contributed by atoms with E-state index in [1.54, 1.807) is 12.2 Å². The number of hydrogen-bond donors (Lipinski definition) is 1. The van der Waals surface area contributed by atoms with Crippen molar-refractivity contribution in [3.8, 4) is 0 Å². The molecule has 0 rings (SSSR count). The number of amides is 1. The normalized spacial score (nSPS) is 12.7. The molecule has 0 aliphatic rings. The Kier molecular flexibility index (Phi) is 17.8. The second-order valence-corrected chi connectivity index (χ2v) is 5.96. The molecule has 0 saturated carbocycles. The molecule has 0 aliphatic heterocycles. The Morgan fingerprint density at radius 3 is 1.67 bits per heavy atom. The Balaban J connectivity index is 3.44. The first-order valence-corrected chi connectivity index (χ1v) is 9.40. The molecule has 24 heavy (non-hydrogen) atoms. The lowest BCUT2D eigenvalue weighted by atomic mass is 10.1. The average Bonchev–Trinajstić information content (AvgIpc) is 2.56. The van der Waals surface area contributed by atoms with Crippen LogP contribution in [-0.4, -0.2) is 5.91 Å². The zero-order valence-electron chi connectivity index (χ0n) is 15.3. The van der Waals surface area contributed by atoms with Crippen molar-refractivity contribution in [1.82, 2.24) is 0 Å². The number of carbonyl (C=O) groups is 1. The van der Waals surface area contributed by atoms with Crippen LogP contribution in [0.3, 0.4) is 0 Å². The molecule has 0 fully saturated rings. The Labute approximate surface area is 148 Å². The summed E-state index contributed by atoms with van der Waals surface area (Å²) in [5.41, 5.74) is 4.97. The monoisotopic (exact) mass is 329 g/mol. The highest BCUT2D eigenvalue weighted by molar-refractivity contribution is 5.85. The van der Waals surface area contributed by atoms with Gasteiger partial charge in [-0.2, -0.15) is 0 Å². The molecule has 0 bridgehead atoms. The number of hydrogen-bond acceptors (Lipinski definition) is 1. The number of allylic oxidation sites excluding steroid dienone is 9. The molecule has 0 aromatic carbocycles. The smallest absolute Gasteiger partial charge is 0.241 e. The van der Waals surface area contributed by atoms with Crippen LogP contribution in [0.1, 0.15) is 71.1 Å². The summed E-state index contributed by atoms with van der Waals surface area (Å²) in [5, 5.41) is 0. The zero-order valence-corrected chi connectivity index (χ0v) is 15.3. The Morgan fingerprint density at radius 1 is 0.667 bits per heavy atom. The summed E-state index contributed by atoms with van der Waals surface area (Å²) in [6.07, 6.45) is 32.4. The van der Waals surface area contributed by atoms with E-state index in [2.05, 4.69) is 19.1 Å². The highest BCUT2D eigenvalue weighted by Gasteiger charge is 1.90. The lowest BCUT2D eigenvalue weighted by Crippen LogP contribution is -2.04. The maximum absolute atomic E-state index is 10.4. The van der Waals surface area contributed by atoms with Gasteiger partial charge >= 0.3 is 0 Å². The van der Waals surface area contributed by atoms with Crippen molar-refractivity contribution in [3.63, 3.8) is 0 Å². The Bertz CT molecular complexity index is 427. The third-order valence-corrected chi connectivity index (χ3v) is 3.65. The van der Waals surface area contributed by atoms with Crippen molar-refractivity contribution < 1.29 is 4.79 Å². The highest BCUT2D eigenvalue weighted by Crippen LogP contribution is 2.10. The average molecular weight is 330 g/mol. The van der Waals surface area contributed by atoms with Gasteiger partial charge in [0.15, 0.2) is 0 Å². The van der Waals surface area contributed by atoms with E-state index in [-0.39, 0.29) is 0 Å². The van der Waals surface area contributed by atoms with E-state index in [1.165, 1.54) is 70.3 Å². The van der Waals surface area contributed by atoms with Gasteiger partial charge in [0.1, 0.15) is 0 Å². The van der Waals surface area contributed by atoms with Crippen LogP contribution >= 0.6 is 0 Å². The van der Waals surface area contributed by atoms with E-state index in [1.807, 2.05) is 30.4 Å². The predicted molar refractivity (Wildman–Crippen MR) is 107 cm³/mol. The summed E-state index contributed by atoms with van der Waals surface area (Å²) in [6.45, 7) is 2.27. The summed E-state index contributed by atoms with van der Waals surface area (Å²) in [4.78, 5) is 10.4. The first-order valence-electron chi connectivity index (χ1n) is 9.40. The second-order valence-electron chi connectivity index (χ2n) is 5.96.